The molecule has 0 aromatic heterocycles. The molecule has 0 fully saturated rings. The number of aliphatic hydroxyl groups excluding tert-OH is 1. The van der Waals surface area contributed by atoms with Crippen molar-refractivity contribution >= 4 is 23.4 Å². The zero-order valence-corrected chi connectivity index (χ0v) is 9.92. The van der Waals surface area contributed by atoms with Gasteiger partial charge in [0.1, 0.15) is 0 Å². The molecule has 0 heterocycles. The molecule has 0 radical (unpaired) electrons. The number of carbonyl (C=O) groups excluding carboxylic acids is 1. The fourth-order valence-electron chi connectivity index (χ4n) is 1.17. The normalized spacial score (nSPS) is 10.1. The van der Waals surface area contributed by atoms with Crippen molar-refractivity contribution in [3.63, 3.8) is 0 Å². The zero-order valence-electron chi connectivity index (χ0n) is 9.10. The molecule has 1 rings (SSSR count). The van der Waals surface area contributed by atoms with Crippen LogP contribution in [0.3, 0.4) is 0 Å². The van der Waals surface area contributed by atoms with E-state index in [1.54, 1.807) is 30.0 Å². The first kappa shape index (κ1) is 12.9. The molecule has 0 aliphatic carbocycles. The third-order valence-corrected chi connectivity index (χ3v) is 3.17. The average molecular weight is 241 g/mol. The fourth-order valence-corrected chi connectivity index (χ4v) is 2.05. The molecule has 3 N–H and O–H groups in total. The Balaban J connectivity index is 2.71. The molecule has 4 nitrogen and oxygen atoms in total. The summed E-state index contributed by atoms with van der Waals surface area (Å²) in [6, 6.07) is 5.08. The van der Waals surface area contributed by atoms with Gasteiger partial charge in [-0.25, -0.2) is 4.79 Å². The summed E-state index contributed by atoms with van der Waals surface area (Å²) in [5.41, 5.74) is 6.82. The molecule has 88 valence electrons. The Morgan fingerprint density at radius 1 is 1.56 bits per heavy atom. The van der Waals surface area contributed by atoms with Crippen LogP contribution in [0.2, 0.25) is 0 Å². The molecule has 0 bridgehead atoms. The van der Waals surface area contributed by atoms with Crippen molar-refractivity contribution in [3.8, 4) is 0 Å². The minimum atomic E-state index is -0.390. The first-order valence-electron chi connectivity index (χ1n) is 4.90. The molecule has 0 spiro atoms. The van der Waals surface area contributed by atoms with Gasteiger partial charge in [-0.3, -0.25) is 0 Å². The van der Waals surface area contributed by atoms with Gasteiger partial charge in [0.25, 0.3) is 0 Å². The Hall–Kier alpha value is -1.20. The minimum absolute atomic E-state index is 0.174. The van der Waals surface area contributed by atoms with E-state index in [-0.39, 0.29) is 6.61 Å². The maximum absolute atomic E-state index is 11.2. The molecule has 5 heteroatoms. The maximum atomic E-state index is 11.2. The molecule has 0 aliphatic heterocycles. The van der Waals surface area contributed by atoms with Crippen LogP contribution in [0.5, 0.6) is 0 Å². The highest BCUT2D eigenvalue weighted by molar-refractivity contribution is 7.99. The number of nitrogen functional groups attached to an aromatic ring is 1. The summed E-state index contributed by atoms with van der Waals surface area (Å²) in [7, 11) is 1.34. The minimum Gasteiger partial charge on any atom is -0.465 e. The third-order valence-electron chi connectivity index (χ3n) is 1.99. The lowest BCUT2D eigenvalue weighted by molar-refractivity contribution is 0.0600. The highest BCUT2D eigenvalue weighted by atomic mass is 32.2. The van der Waals surface area contributed by atoms with Crippen molar-refractivity contribution in [2.24, 2.45) is 0 Å². The number of carbonyl (C=O) groups is 1. The lowest BCUT2D eigenvalue weighted by Gasteiger charge is -2.06. The van der Waals surface area contributed by atoms with Gasteiger partial charge in [-0.15, -0.1) is 11.8 Å². The summed E-state index contributed by atoms with van der Waals surface area (Å²) in [5.74, 6) is 0.414. The summed E-state index contributed by atoms with van der Waals surface area (Å²) >= 11 is 1.56. The lowest BCUT2D eigenvalue weighted by atomic mass is 10.2. The first-order valence-corrected chi connectivity index (χ1v) is 5.89. The van der Waals surface area contributed by atoms with Crippen LogP contribution in [0.25, 0.3) is 0 Å². The van der Waals surface area contributed by atoms with Gasteiger partial charge in [-0.1, -0.05) is 0 Å². The summed E-state index contributed by atoms with van der Waals surface area (Å²) in [5, 5.41) is 8.66. The number of ether oxygens (including phenoxy) is 1. The van der Waals surface area contributed by atoms with E-state index in [2.05, 4.69) is 4.74 Å². The van der Waals surface area contributed by atoms with Crippen LogP contribution in [-0.4, -0.2) is 30.5 Å². The number of hydrogen-bond acceptors (Lipinski definition) is 5. The Labute approximate surface area is 98.8 Å². The SMILES string of the molecule is COC(=O)c1ccc(SCCCO)c(N)c1. The van der Waals surface area contributed by atoms with E-state index in [1.807, 2.05) is 0 Å². The second kappa shape index (κ2) is 6.40. The predicted octanol–water partition coefficient (Wildman–Crippen LogP) is 1.53. The molecule has 0 amide bonds. The molecular formula is C11H15NO3S. The van der Waals surface area contributed by atoms with Gasteiger partial charge in [-0.05, 0) is 24.6 Å². The van der Waals surface area contributed by atoms with Crippen LogP contribution < -0.4 is 5.73 Å². The average Bonchev–Trinajstić information content (AvgIpc) is 2.30. The van der Waals surface area contributed by atoms with Crippen molar-refractivity contribution in [1.82, 2.24) is 0 Å². The van der Waals surface area contributed by atoms with E-state index >= 15 is 0 Å². The van der Waals surface area contributed by atoms with E-state index in [9.17, 15) is 4.79 Å². The Bertz CT molecular complexity index is 368. The van der Waals surface area contributed by atoms with E-state index in [1.165, 1.54) is 7.11 Å². The van der Waals surface area contributed by atoms with Crippen molar-refractivity contribution in [1.29, 1.82) is 0 Å². The number of anilines is 1. The second-order valence-corrected chi connectivity index (χ2v) is 4.31. The van der Waals surface area contributed by atoms with Gasteiger partial charge in [0, 0.05) is 22.9 Å². The standard InChI is InChI=1S/C11H15NO3S/c1-15-11(14)8-3-4-10(9(12)7-8)16-6-2-5-13/h3-4,7,13H,2,5-6,12H2,1H3. The molecule has 16 heavy (non-hydrogen) atoms. The molecule has 1 aromatic carbocycles. The fraction of sp³-hybridized carbons (Fsp3) is 0.364. The monoisotopic (exact) mass is 241 g/mol. The summed E-state index contributed by atoms with van der Waals surface area (Å²) < 4.78 is 4.60. The molecule has 0 aliphatic rings. The van der Waals surface area contributed by atoms with Crippen LogP contribution in [0.4, 0.5) is 5.69 Å². The van der Waals surface area contributed by atoms with Crippen LogP contribution in [0.15, 0.2) is 23.1 Å². The van der Waals surface area contributed by atoms with E-state index in [0.717, 1.165) is 17.1 Å². The summed E-state index contributed by atoms with van der Waals surface area (Å²) in [6.45, 7) is 0.174. The molecule has 0 saturated heterocycles. The number of rotatable bonds is 5. The van der Waals surface area contributed by atoms with Gasteiger partial charge in [0.05, 0.1) is 12.7 Å². The van der Waals surface area contributed by atoms with Crippen LogP contribution in [-0.2, 0) is 4.74 Å². The molecular weight excluding hydrogens is 226 g/mol. The van der Waals surface area contributed by atoms with Crippen LogP contribution in [0, 0.1) is 0 Å². The van der Waals surface area contributed by atoms with Crippen molar-refractivity contribution in [3.05, 3.63) is 23.8 Å². The molecule has 0 saturated carbocycles. The topological polar surface area (TPSA) is 72.5 Å². The van der Waals surface area contributed by atoms with E-state index in [0.29, 0.717) is 11.3 Å². The van der Waals surface area contributed by atoms with E-state index < -0.39 is 5.97 Å². The van der Waals surface area contributed by atoms with Gasteiger partial charge < -0.3 is 15.6 Å². The predicted molar refractivity (Wildman–Crippen MR) is 64.6 cm³/mol. The van der Waals surface area contributed by atoms with Gasteiger partial charge in [-0.2, -0.15) is 0 Å². The van der Waals surface area contributed by atoms with Gasteiger partial charge >= 0.3 is 5.97 Å². The first-order chi connectivity index (χ1) is 7.69. The number of benzene rings is 1. The number of esters is 1. The summed E-state index contributed by atoms with van der Waals surface area (Å²) in [4.78, 5) is 12.1. The number of nitrogens with two attached hydrogens (primary N) is 1. The van der Waals surface area contributed by atoms with E-state index in [4.69, 9.17) is 10.8 Å². The van der Waals surface area contributed by atoms with Gasteiger partial charge in [0.15, 0.2) is 0 Å². The van der Waals surface area contributed by atoms with Gasteiger partial charge in [0.2, 0.25) is 0 Å². The van der Waals surface area contributed by atoms with Crippen molar-refractivity contribution < 1.29 is 14.6 Å². The van der Waals surface area contributed by atoms with Crippen molar-refractivity contribution in [2.45, 2.75) is 11.3 Å². The Kier molecular flexibility index (Phi) is 5.14. The van der Waals surface area contributed by atoms with Crippen LogP contribution >= 0.6 is 11.8 Å². The molecule has 0 atom stereocenters. The Morgan fingerprint density at radius 2 is 2.31 bits per heavy atom. The number of hydrogen-bond donors (Lipinski definition) is 2. The molecule has 0 unspecified atom stereocenters. The highest BCUT2D eigenvalue weighted by Gasteiger charge is 2.07. The lowest BCUT2D eigenvalue weighted by Crippen LogP contribution is -2.02. The number of methoxy groups -OCH3 is 1. The van der Waals surface area contributed by atoms with Crippen molar-refractivity contribution in [2.75, 3.05) is 25.2 Å². The molecule has 1 aromatic rings. The summed E-state index contributed by atoms with van der Waals surface area (Å²) in [6.07, 6.45) is 0.725. The second-order valence-electron chi connectivity index (χ2n) is 3.17. The smallest absolute Gasteiger partial charge is 0.337 e. The highest BCUT2D eigenvalue weighted by Crippen LogP contribution is 2.26. The number of thioether (sulfide) groups is 1. The number of aliphatic hydroxyl groups is 1. The zero-order chi connectivity index (χ0) is 12.0. The quantitative estimate of drug-likeness (QED) is 0.354. The van der Waals surface area contributed by atoms with Crippen LogP contribution in [0.1, 0.15) is 16.8 Å². The Morgan fingerprint density at radius 3 is 2.88 bits per heavy atom. The third kappa shape index (κ3) is 3.43. The largest absolute Gasteiger partial charge is 0.465 e. The maximum Gasteiger partial charge on any atom is 0.337 e.